The zero-order valence-corrected chi connectivity index (χ0v) is 22.5. The summed E-state index contributed by atoms with van der Waals surface area (Å²) >= 11 is 0. The first-order valence-electron chi connectivity index (χ1n) is 14.4. The van der Waals surface area contributed by atoms with E-state index in [0.29, 0.717) is 0 Å². The van der Waals surface area contributed by atoms with E-state index in [0.717, 1.165) is 23.7 Å². The lowest BCUT2D eigenvalue weighted by molar-refractivity contribution is 0.419. The first kappa shape index (κ1) is 30.0. The second kappa shape index (κ2) is 22.2. The molecule has 2 atom stereocenters. The molecule has 0 amide bonds. The maximum Gasteiger partial charge on any atom is -0.0443 e. The van der Waals surface area contributed by atoms with E-state index in [9.17, 15) is 0 Å². The predicted molar refractivity (Wildman–Crippen MR) is 140 cm³/mol. The maximum atomic E-state index is 2.48. The van der Waals surface area contributed by atoms with Gasteiger partial charge >= 0.3 is 0 Å². The Labute approximate surface area is 193 Å². The molecule has 0 aliphatic rings. The van der Waals surface area contributed by atoms with Crippen molar-refractivity contribution in [2.45, 2.75) is 170 Å². The summed E-state index contributed by atoms with van der Waals surface area (Å²) in [7, 11) is 0. The summed E-state index contributed by atoms with van der Waals surface area (Å²) in [5.41, 5.74) is 0. The zero-order chi connectivity index (χ0) is 22.5. The van der Waals surface area contributed by atoms with Crippen molar-refractivity contribution in [3.8, 4) is 0 Å². The Morgan fingerprint density at radius 3 is 0.733 bits per heavy atom. The van der Waals surface area contributed by atoms with E-state index in [2.05, 4.69) is 41.5 Å². The monoisotopic (exact) mass is 422 g/mol. The smallest absolute Gasteiger partial charge is 0.0443 e. The maximum absolute atomic E-state index is 2.48. The van der Waals surface area contributed by atoms with Gasteiger partial charge in [0.15, 0.2) is 0 Å². The molecular weight excluding hydrogens is 360 g/mol. The molecule has 0 saturated carbocycles. The summed E-state index contributed by atoms with van der Waals surface area (Å²) < 4.78 is 0. The third kappa shape index (κ3) is 24.3. The Bertz CT molecular complexity index is 284. The van der Waals surface area contributed by atoms with Crippen LogP contribution in [0.3, 0.4) is 0 Å². The van der Waals surface area contributed by atoms with Crippen molar-refractivity contribution in [2.75, 3.05) is 0 Å². The highest BCUT2D eigenvalue weighted by Crippen LogP contribution is 2.20. The molecule has 0 heterocycles. The van der Waals surface area contributed by atoms with Gasteiger partial charge in [-0.05, 0) is 23.7 Å². The van der Waals surface area contributed by atoms with E-state index in [4.69, 9.17) is 0 Å². The van der Waals surface area contributed by atoms with Crippen molar-refractivity contribution < 1.29 is 0 Å². The first-order chi connectivity index (χ1) is 14.4. The lowest BCUT2D eigenvalue weighted by Gasteiger charge is -2.12. The van der Waals surface area contributed by atoms with Gasteiger partial charge in [-0.25, -0.2) is 0 Å². The Morgan fingerprint density at radius 2 is 0.467 bits per heavy atom. The molecule has 0 fully saturated rings. The lowest BCUT2D eigenvalue weighted by atomic mass is 9.94. The van der Waals surface area contributed by atoms with Crippen LogP contribution in [0.5, 0.6) is 0 Å². The topological polar surface area (TPSA) is 0 Å². The molecular formula is C30H62. The minimum absolute atomic E-state index is 0.887. The van der Waals surface area contributed by atoms with E-state index in [1.807, 2.05) is 0 Å². The van der Waals surface area contributed by atoms with Crippen molar-refractivity contribution in [2.24, 2.45) is 23.7 Å². The molecule has 0 aliphatic heterocycles. The lowest BCUT2D eigenvalue weighted by Crippen LogP contribution is -1.96. The van der Waals surface area contributed by atoms with Crippen LogP contribution < -0.4 is 0 Å². The number of rotatable bonds is 23. The molecule has 0 spiro atoms. The molecule has 0 rings (SSSR count). The van der Waals surface area contributed by atoms with Gasteiger partial charge < -0.3 is 0 Å². The normalized spacial score (nSPS) is 14.0. The van der Waals surface area contributed by atoms with Gasteiger partial charge in [-0.1, -0.05) is 170 Å². The fourth-order valence-electron chi connectivity index (χ4n) is 4.78. The van der Waals surface area contributed by atoms with Crippen molar-refractivity contribution >= 4 is 0 Å². The summed E-state index contributed by atoms with van der Waals surface area (Å²) in [6.45, 7) is 14.3. The average Bonchev–Trinajstić information content (AvgIpc) is 2.69. The van der Waals surface area contributed by atoms with E-state index >= 15 is 0 Å². The highest BCUT2D eigenvalue weighted by atomic mass is 14.1. The van der Waals surface area contributed by atoms with Crippen LogP contribution in [-0.4, -0.2) is 0 Å². The predicted octanol–water partition coefficient (Wildman–Crippen LogP) is 11.4. The van der Waals surface area contributed by atoms with E-state index in [1.165, 1.54) is 128 Å². The van der Waals surface area contributed by atoms with Crippen LogP contribution in [0.15, 0.2) is 0 Å². The molecule has 0 nitrogen and oxygen atoms in total. The number of unbranched alkanes of at least 4 members (excludes halogenated alkanes) is 11. The van der Waals surface area contributed by atoms with Gasteiger partial charge in [0.05, 0.1) is 0 Å². The van der Waals surface area contributed by atoms with E-state index < -0.39 is 0 Å². The third-order valence-corrected chi connectivity index (χ3v) is 7.10. The zero-order valence-electron chi connectivity index (χ0n) is 22.5. The van der Waals surface area contributed by atoms with Gasteiger partial charge in [-0.15, -0.1) is 0 Å². The Morgan fingerprint density at radius 1 is 0.267 bits per heavy atom. The number of hydrogen-bond donors (Lipinski definition) is 0. The fraction of sp³-hybridized carbons (Fsp3) is 1.00. The van der Waals surface area contributed by atoms with Gasteiger partial charge in [0.25, 0.3) is 0 Å². The van der Waals surface area contributed by atoms with Crippen LogP contribution in [0.1, 0.15) is 170 Å². The SMILES string of the molecule is CC(C)CCCCC(C)CCCCCCCCCCCCC(C)CCCCC(C)C. The van der Waals surface area contributed by atoms with Gasteiger partial charge in [-0.3, -0.25) is 0 Å². The molecule has 0 heteroatoms. The first-order valence-corrected chi connectivity index (χ1v) is 14.4. The van der Waals surface area contributed by atoms with E-state index in [-0.39, 0.29) is 0 Å². The van der Waals surface area contributed by atoms with Gasteiger partial charge in [0.1, 0.15) is 0 Å². The standard InChI is InChI=1S/C30H62/c1-27(2)21-17-19-25-29(5)23-15-13-11-9-7-8-10-12-14-16-24-30(6)26-20-18-22-28(3)4/h27-30H,7-26H2,1-6H3. The van der Waals surface area contributed by atoms with Crippen molar-refractivity contribution in [3.63, 3.8) is 0 Å². The molecule has 182 valence electrons. The van der Waals surface area contributed by atoms with Crippen LogP contribution >= 0.6 is 0 Å². The van der Waals surface area contributed by atoms with Crippen LogP contribution in [-0.2, 0) is 0 Å². The van der Waals surface area contributed by atoms with Gasteiger partial charge in [-0.2, -0.15) is 0 Å². The molecule has 30 heavy (non-hydrogen) atoms. The molecule has 0 aliphatic carbocycles. The Hall–Kier alpha value is 0. The molecule has 0 aromatic heterocycles. The second-order valence-electron chi connectivity index (χ2n) is 11.7. The van der Waals surface area contributed by atoms with Gasteiger partial charge in [0.2, 0.25) is 0 Å². The fourth-order valence-corrected chi connectivity index (χ4v) is 4.78. The molecule has 0 aromatic rings. The molecule has 0 bridgehead atoms. The minimum atomic E-state index is 0.887. The highest BCUT2D eigenvalue weighted by molar-refractivity contribution is 4.58. The average molecular weight is 423 g/mol. The molecule has 0 aromatic carbocycles. The molecule has 0 saturated heterocycles. The van der Waals surface area contributed by atoms with Crippen LogP contribution in [0.25, 0.3) is 0 Å². The van der Waals surface area contributed by atoms with Crippen molar-refractivity contribution in [1.29, 1.82) is 0 Å². The summed E-state index contributed by atoms with van der Waals surface area (Å²) in [5, 5.41) is 0. The van der Waals surface area contributed by atoms with Crippen LogP contribution in [0, 0.1) is 23.7 Å². The molecule has 0 N–H and O–H groups in total. The molecule has 2 unspecified atom stereocenters. The quantitative estimate of drug-likeness (QED) is 0.144. The summed E-state index contributed by atoms with van der Waals surface area (Å²) in [5.74, 6) is 3.69. The van der Waals surface area contributed by atoms with Crippen molar-refractivity contribution in [3.05, 3.63) is 0 Å². The summed E-state index contributed by atoms with van der Waals surface area (Å²) in [6.07, 6.45) is 29.3. The van der Waals surface area contributed by atoms with Gasteiger partial charge in [0, 0.05) is 0 Å². The Balaban J connectivity index is 3.22. The van der Waals surface area contributed by atoms with Crippen molar-refractivity contribution in [1.82, 2.24) is 0 Å². The Kier molecular flexibility index (Phi) is 22.2. The van der Waals surface area contributed by atoms with Crippen LogP contribution in [0.2, 0.25) is 0 Å². The largest absolute Gasteiger partial charge is 0.0628 e. The highest BCUT2D eigenvalue weighted by Gasteiger charge is 2.04. The second-order valence-corrected chi connectivity index (χ2v) is 11.7. The molecule has 0 radical (unpaired) electrons. The van der Waals surface area contributed by atoms with E-state index in [1.54, 1.807) is 0 Å². The third-order valence-electron chi connectivity index (χ3n) is 7.10. The number of hydrogen-bond acceptors (Lipinski definition) is 0. The summed E-state index contributed by atoms with van der Waals surface area (Å²) in [6, 6.07) is 0. The summed E-state index contributed by atoms with van der Waals surface area (Å²) in [4.78, 5) is 0. The minimum Gasteiger partial charge on any atom is -0.0628 e. The van der Waals surface area contributed by atoms with Crippen LogP contribution in [0.4, 0.5) is 0 Å².